The molecular formula is C7H12N4O2. The standard InChI is InChI=1S/C7H12N4O2/c8-2-1-3-13-7-5(9)6(12)10-4-11-7/h4H,1-3,8-9H2,(H,10,11,12). The predicted octanol–water partition coefficient (Wildman–Crippen LogP) is -0.920. The number of nitrogens with one attached hydrogen (secondary N) is 1. The number of hydrogen-bond acceptors (Lipinski definition) is 5. The molecule has 0 spiro atoms. The van der Waals surface area contributed by atoms with Gasteiger partial charge < -0.3 is 21.2 Å². The van der Waals surface area contributed by atoms with Crippen molar-refractivity contribution in [3.8, 4) is 5.88 Å². The molecule has 6 nitrogen and oxygen atoms in total. The lowest BCUT2D eigenvalue weighted by molar-refractivity contribution is 0.302. The van der Waals surface area contributed by atoms with Crippen LogP contribution in [0, 0.1) is 0 Å². The van der Waals surface area contributed by atoms with Crippen LogP contribution in [0.3, 0.4) is 0 Å². The maximum Gasteiger partial charge on any atom is 0.277 e. The summed E-state index contributed by atoms with van der Waals surface area (Å²) in [6, 6.07) is 0. The van der Waals surface area contributed by atoms with E-state index in [1.54, 1.807) is 0 Å². The molecule has 0 atom stereocenters. The van der Waals surface area contributed by atoms with E-state index in [9.17, 15) is 4.79 Å². The smallest absolute Gasteiger partial charge is 0.277 e. The first-order valence-corrected chi connectivity index (χ1v) is 3.91. The Hall–Kier alpha value is -1.56. The molecule has 0 amide bonds. The molecular weight excluding hydrogens is 172 g/mol. The maximum atomic E-state index is 10.9. The van der Waals surface area contributed by atoms with Crippen molar-refractivity contribution in [1.29, 1.82) is 0 Å². The summed E-state index contributed by atoms with van der Waals surface area (Å²) < 4.78 is 5.12. The Balaban J connectivity index is 2.66. The Labute approximate surface area is 74.9 Å². The zero-order chi connectivity index (χ0) is 9.68. The van der Waals surface area contributed by atoms with E-state index in [1.807, 2.05) is 0 Å². The number of aromatic nitrogens is 2. The topological polar surface area (TPSA) is 107 Å². The highest BCUT2D eigenvalue weighted by Crippen LogP contribution is 2.10. The van der Waals surface area contributed by atoms with E-state index in [0.717, 1.165) is 0 Å². The number of rotatable bonds is 4. The second-order valence-corrected chi connectivity index (χ2v) is 2.44. The van der Waals surface area contributed by atoms with Gasteiger partial charge in [-0.3, -0.25) is 4.79 Å². The van der Waals surface area contributed by atoms with E-state index < -0.39 is 5.56 Å². The SMILES string of the molecule is NCCCOc1nc[nH]c(=O)c1N. The summed E-state index contributed by atoms with van der Waals surface area (Å²) in [5, 5.41) is 0. The molecule has 1 heterocycles. The Bertz CT molecular complexity index is 323. The van der Waals surface area contributed by atoms with Gasteiger partial charge in [-0.1, -0.05) is 0 Å². The number of hydrogen-bond donors (Lipinski definition) is 3. The van der Waals surface area contributed by atoms with E-state index in [1.165, 1.54) is 6.33 Å². The summed E-state index contributed by atoms with van der Waals surface area (Å²) in [7, 11) is 0. The summed E-state index contributed by atoms with van der Waals surface area (Å²) in [5.74, 6) is 0.164. The van der Waals surface area contributed by atoms with Crippen molar-refractivity contribution < 1.29 is 4.74 Å². The van der Waals surface area contributed by atoms with Crippen LogP contribution in [-0.2, 0) is 0 Å². The van der Waals surface area contributed by atoms with Gasteiger partial charge >= 0.3 is 0 Å². The van der Waals surface area contributed by atoms with Gasteiger partial charge in [0.25, 0.3) is 5.56 Å². The van der Waals surface area contributed by atoms with Crippen molar-refractivity contribution in [2.75, 3.05) is 18.9 Å². The lowest BCUT2D eigenvalue weighted by Gasteiger charge is -2.04. The van der Waals surface area contributed by atoms with E-state index in [2.05, 4.69) is 9.97 Å². The van der Waals surface area contributed by atoms with E-state index >= 15 is 0 Å². The van der Waals surface area contributed by atoms with Gasteiger partial charge in [0.2, 0.25) is 5.88 Å². The average Bonchev–Trinajstić information content (AvgIpc) is 2.13. The molecule has 6 heteroatoms. The fraction of sp³-hybridized carbons (Fsp3) is 0.429. The van der Waals surface area contributed by atoms with E-state index in [-0.39, 0.29) is 11.6 Å². The molecule has 1 rings (SSSR count). The van der Waals surface area contributed by atoms with Gasteiger partial charge in [-0.05, 0) is 13.0 Å². The molecule has 0 radical (unpaired) electrons. The highest BCUT2D eigenvalue weighted by Gasteiger charge is 2.04. The van der Waals surface area contributed by atoms with Crippen LogP contribution in [0.15, 0.2) is 11.1 Å². The fourth-order valence-corrected chi connectivity index (χ4v) is 0.761. The summed E-state index contributed by atoms with van der Waals surface area (Å²) in [6.45, 7) is 0.945. The molecule has 72 valence electrons. The highest BCUT2D eigenvalue weighted by molar-refractivity contribution is 5.44. The molecule has 0 aliphatic heterocycles. The first-order valence-electron chi connectivity index (χ1n) is 3.91. The van der Waals surface area contributed by atoms with Crippen molar-refractivity contribution >= 4 is 5.69 Å². The molecule has 0 unspecified atom stereocenters. The second kappa shape index (κ2) is 4.46. The minimum Gasteiger partial charge on any atom is -0.476 e. The predicted molar refractivity (Wildman–Crippen MR) is 48.4 cm³/mol. The molecule has 13 heavy (non-hydrogen) atoms. The van der Waals surface area contributed by atoms with Crippen LogP contribution in [-0.4, -0.2) is 23.1 Å². The molecule has 0 fully saturated rings. The number of nitrogens with zero attached hydrogens (tertiary/aromatic N) is 1. The van der Waals surface area contributed by atoms with Gasteiger partial charge in [-0.2, -0.15) is 0 Å². The van der Waals surface area contributed by atoms with Crippen molar-refractivity contribution in [2.24, 2.45) is 5.73 Å². The monoisotopic (exact) mass is 184 g/mol. The third kappa shape index (κ3) is 2.45. The number of H-pyrrole nitrogens is 1. The third-order valence-electron chi connectivity index (χ3n) is 1.44. The number of nitrogens with two attached hydrogens (primary N) is 2. The van der Waals surface area contributed by atoms with Crippen LogP contribution in [0.25, 0.3) is 0 Å². The molecule has 0 aliphatic carbocycles. The molecule has 0 saturated carbocycles. The highest BCUT2D eigenvalue weighted by atomic mass is 16.5. The van der Waals surface area contributed by atoms with Crippen molar-refractivity contribution in [1.82, 2.24) is 9.97 Å². The molecule has 0 saturated heterocycles. The zero-order valence-corrected chi connectivity index (χ0v) is 7.12. The Morgan fingerprint density at radius 1 is 1.62 bits per heavy atom. The van der Waals surface area contributed by atoms with Crippen LogP contribution in [0.5, 0.6) is 5.88 Å². The lowest BCUT2D eigenvalue weighted by atomic mass is 10.4. The van der Waals surface area contributed by atoms with E-state index in [0.29, 0.717) is 19.6 Å². The second-order valence-electron chi connectivity index (χ2n) is 2.44. The number of nitrogen functional groups attached to an aromatic ring is 1. The van der Waals surface area contributed by atoms with Gasteiger partial charge in [0.05, 0.1) is 12.9 Å². The van der Waals surface area contributed by atoms with Gasteiger partial charge in [-0.25, -0.2) is 4.98 Å². The van der Waals surface area contributed by atoms with Crippen LogP contribution < -0.4 is 21.8 Å². The summed E-state index contributed by atoms with van der Waals surface area (Å²) in [6.07, 6.45) is 1.95. The number of anilines is 1. The minimum absolute atomic E-state index is 0.000443. The zero-order valence-electron chi connectivity index (χ0n) is 7.12. The summed E-state index contributed by atoms with van der Waals surface area (Å²) >= 11 is 0. The molecule has 0 bridgehead atoms. The lowest BCUT2D eigenvalue weighted by Crippen LogP contribution is -2.15. The van der Waals surface area contributed by atoms with Crippen molar-refractivity contribution in [3.05, 3.63) is 16.7 Å². The van der Waals surface area contributed by atoms with Crippen LogP contribution >= 0.6 is 0 Å². The maximum absolute atomic E-state index is 10.9. The normalized spacial score (nSPS) is 9.92. The summed E-state index contributed by atoms with van der Waals surface area (Å²) in [4.78, 5) is 17.0. The van der Waals surface area contributed by atoms with Gasteiger partial charge in [0.1, 0.15) is 0 Å². The van der Waals surface area contributed by atoms with Crippen LogP contribution in [0.1, 0.15) is 6.42 Å². The third-order valence-corrected chi connectivity index (χ3v) is 1.44. The largest absolute Gasteiger partial charge is 0.476 e. The van der Waals surface area contributed by atoms with Crippen LogP contribution in [0.4, 0.5) is 5.69 Å². The van der Waals surface area contributed by atoms with Gasteiger partial charge in [0.15, 0.2) is 5.69 Å². The quantitative estimate of drug-likeness (QED) is 0.524. The van der Waals surface area contributed by atoms with Crippen LogP contribution in [0.2, 0.25) is 0 Å². The number of ether oxygens (including phenoxy) is 1. The van der Waals surface area contributed by atoms with Crippen molar-refractivity contribution in [3.63, 3.8) is 0 Å². The Morgan fingerprint density at radius 2 is 2.38 bits per heavy atom. The van der Waals surface area contributed by atoms with Gasteiger partial charge in [-0.15, -0.1) is 0 Å². The first-order chi connectivity index (χ1) is 6.25. The first kappa shape index (κ1) is 9.53. The van der Waals surface area contributed by atoms with Crippen molar-refractivity contribution in [2.45, 2.75) is 6.42 Å². The molecule has 0 aromatic carbocycles. The Morgan fingerprint density at radius 3 is 3.08 bits per heavy atom. The molecule has 1 aromatic heterocycles. The minimum atomic E-state index is -0.391. The molecule has 1 aromatic rings. The summed E-state index contributed by atoms with van der Waals surface area (Å²) in [5.41, 5.74) is 10.3. The fourth-order valence-electron chi connectivity index (χ4n) is 0.761. The Kier molecular flexibility index (Phi) is 3.27. The van der Waals surface area contributed by atoms with E-state index in [4.69, 9.17) is 16.2 Å². The van der Waals surface area contributed by atoms with Gasteiger partial charge in [0, 0.05) is 0 Å². The average molecular weight is 184 g/mol. The molecule has 0 aliphatic rings. The molecule has 5 N–H and O–H groups in total. The number of aromatic amines is 1.